The zero-order valence-electron chi connectivity index (χ0n) is 14.0. The molecule has 1 aliphatic heterocycles. The van der Waals surface area contributed by atoms with Gasteiger partial charge in [0.15, 0.2) is 0 Å². The van der Waals surface area contributed by atoms with Crippen LogP contribution in [0.5, 0.6) is 0 Å². The molecule has 1 aliphatic rings. The summed E-state index contributed by atoms with van der Waals surface area (Å²) in [6, 6.07) is 5.75. The van der Waals surface area contributed by atoms with E-state index >= 15 is 0 Å². The lowest BCUT2D eigenvalue weighted by atomic mass is 9.96. The van der Waals surface area contributed by atoms with E-state index in [1.165, 1.54) is 12.1 Å². The van der Waals surface area contributed by atoms with E-state index in [0.717, 1.165) is 6.42 Å². The number of likely N-dealkylation sites (tertiary alicyclic amines) is 1. The lowest BCUT2D eigenvalue weighted by molar-refractivity contribution is -0.142. The lowest BCUT2D eigenvalue weighted by Crippen LogP contribution is -2.48. The molecule has 1 heterocycles. The molecule has 23 heavy (non-hydrogen) atoms. The Kier molecular flexibility index (Phi) is 5.74. The Hall–Kier alpha value is -1.91. The molecule has 1 fully saturated rings. The van der Waals surface area contributed by atoms with Crippen LogP contribution in [0.25, 0.3) is 0 Å². The van der Waals surface area contributed by atoms with E-state index in [1.54, 1.807) is 17.0 Å². The minimum atomic E-state index is -0.405. The number of amides is 2. The molecule has 2 amide bonds. The summed E-state index contributed by atoms with van der Waals surface area (Å²) >= 11 is 0. The van der Waals surface area contributed by atoms with Crippen molar-refractivity contribution in [1.82, 2.24) is 10.2 Å². The first-order valence-corrected chi connectivity index (χ1v) is 8.22. The predicted molar refractivity (Wildman–Crippen MR) is 87.0 cm³/mol. The monoisotopic (exact) mass is 320 g/mol. The van der Waals surface area contributed by atoms with E-state index in [-0.39, 0.29) is 36.0 Å². The molecule has 2 atom stereocenters. The fourth-order valence-electron chi connectivity index (χ4n) is 2.80. The first-order chi connectivity index (χ1) is 10.9. The Bertz CT molecular complexity index is 574. The Morgan fingerprint density at radius 3 is 2.74 bits per heavy atom. The molecule has 1 aromatic rings. The summed E-state index contributed by atoms with van der Waals surface area (Å²) in [6.07, 6.45) is 1.53. The van der Waals surface area contributed by atoms with Gasteiger partial charge in [0.1, 0.15) is 11.9 Å². The number of nitrogens with one attached hydrogen (secondary N) is 1. The van der Waals surface area contributed by atoms with Crippen molar-refractivity contribution in [3.05, 3.63) is 35.6 Å². The molecule has 5 heteroatoms. The van der Waals surface area contributed by atoms with Crippen LogP contribution in [0.3, 0.4) is 0 Å². The van der Waals surface area contributed by atoms with Crippen molar-refractivity contribution < 1.29 is 14.0 Å². The number of halogens is 1. The molecule has 1 N–H and O–H groups in total. The van der Waals surface area contributed by atoms with Crippen LogP contribution >= 0.6 is 0 Å². The van der Waals surface area contributed by atoms with E-state index < -0.39 is 6.04 Å². The van der Waals surface area contributed by atoms with Crippen LogP contribution in [-0.2, 0) is 16.1 Å². The summed E-state index contributed by atoms with van der Waals surface area (Å²) in [5.74, 6) is -0.273. The number of nitrogens with zero attached hydrogens (tertiary/aromatic N) is 1. The summed E-state index contributed by atoms with van der Waals surface area (Å²) in [5.41, 5.74) is 0.713. The van der Waals surface area contributed by atoms with Crippen LogP contribution in [0.15, 0.2) is 24.3 Å². The number of benzene rings is 1. The van der Waals surface area contributed by atoms with Crippen molar-refractivity contribution in [3.8, 4) is 0 Å². The smallest absolute Gasteiger partial charge is 0.243 e. The van der Waals surface area contributed by atoms with Crippen LogP contribution in [0.1, 0.15) is 39.2 Å². The fourth-order valence-corrected chi connectivity index (χ4v) is 2.80. The zero-order chi connectivity index (χ0) is 17.0. The highest BCUT2D eigenvalue weighted by Gasteiger charge is 2.36. The van der Waals surface area contributed by atoms with Crippen LogP contribution in [-0.4, -0.2) is 29.3 Å². The number of hydrogen-bond acceptors (Lipinski definition) is 2. The number of carbonyl (C=O) groups is 2. The largest absolute Gasteiger partial charge is 0.350 e. The molecule has 0 bridgehead atoms. The van der Waals surface area contributed by atoms with Gasteiger partial charge in [-0.2, -0.15) is 0 Å². The minimum absolute atomic E-state index is 0.0448. The number of carbonyl (C=O) groups excluding carboxylic acids is 2. The highest BCUT2D eigenvalue weighted by Crippen LogP contribution is 2.23. The van der Waals surface area contributed by atoms with Gasteiger partial charge >= 0.3 is 0 Å². The zero-order valence-corrected chi connectivity index (χ0v) is 14.0. The Balaban J connectivity index is 1.96. The highest BCUT2D eigenvalue weighted by atomic mass is 19.1. The van der Waals surface area contributed by atoms with Crippen molar-refractivity contribution in [3.63, 3.8) is 0 Å². The number of hydrogen-bond donors (Lipinski definition) is 1. The maximum Gasteiger partial charge on any atom is 0.243 e. The summed E-state index contributed by atoms with van der Waals surface area (Å²) < 4.78 is 13.2. The summed E-state index contributed by atoms with van der Waals surface area (Å²) in [6.45, 7) is 6.84. The molecule has 0 aliphatic carbocycles. The van der Waals surface area contributed by atoms with Gasteiger partial charge in [0.05, 0.1) is 0 Å². The van der Waals surface area contributed by atoms with Gasteiger partial charge in [-0.25, -0.2) is 4.39 Å². The van der Waals surface area contributed by atoms with Gasteiger partial charge in [-0.05, 0) is 36.5 Å². The average Bonchev–Trinajstić information content (AvgIpc) is 3.00. The molecule has 126 valence electrons. The molecule has 0 radical (unpaired) electrons. The van der Waals surface area contributed by atoms with Crippen molar-refractivity contribution in [2.75, 3.05) is 6.54 Å². The maximum absolute atomic E-state index is 13.2. The van der Waals surface area contributed by atoms with Gasteiger partial charge in [0, 0.05) is 19.0 Å². The molecule has 0 saturated carbocycles. The van der Waals surface area contributed by atoms with E-state index in [9.17, 15) is 14.0 Å². The molecular formula is C18H25FN2O2. The van der Waals surface area contributed by atoms with Gasteiger partial charge in [-0.3, -0.25) is 9.59 Å². The molecular weight excluding hydrogens is 295 g/mol. The van der Waals surface area contributed by atoms with E-state index in [0.29, 0.717) is 18.5 Å². The highest BCUT2D eigenvalue weighted by molar-refractivity contribution is 5.89. The second kappa shape index (κ2) is 7.57. The van der Waals surface area contributed by atoms with Gasteiger partial charge in [0.25, 0.3) is 0 Å². The molecule has 2 rings (SSSR count). The topological polar surface area (TPSA) is 49.4 Å². The van der Waals surface area contributed by atoms with Gasteiger partial charge in [-0.15, -0.1) is 0 Å². The van der Waals surface area contributed by atoms with Crippen molar-refractivity contribution in [1.29, 1.82) is 0 Å². The van der Waals surface area contributed by atoms with Crippen molar-refractivity contribution >= 4 is 11.8 Å². The summed E-state index contributed by atoms with van der Waals surface area (Å²) in [5, 5.41) is 2.82. The van der Waals surface area contributed by atoms with Crippen LogP contribution in [0, 0.1) is 17.7 Å². The maximum atomic E-state index is 13.2. The molecule has 4 nitrogen and oxygen atoms in total. The van der Waals surface area contributed by atoms with E-state index in [2.05, 4.69) is 5.32 Å². The normalized spacial score (nSPS) is 19.0. The van der Waals surface area contributed by atoms with Crippen LogP contribution in [0.4, 0.5) is 4.39 Å². The third kappa shape index (κ3) is 4.30. The SMILES string of the molecule is CC(C)C(C)C(=O)N1CCCC1C(=O)NCc1cccc(F)c1. The van der Waals surface area contributed by atoms with E-state index in [4.69, 9.17) is 0 Å². The Morgan fingerprint density at radius 1 is 1.35 bits per heavy atom. The molecule has 2 unspecified atom stereocenters. The minimum Gasteiger partial charge on any atom is -0.350 e. The van der Waals surface area contributed by atoms with Crippen LogP contribution < -0.4 is 5.32 Å². The van der Waals surface area contributed by atoms with E-state index in [1.807, 2.05) is 20.8 Å². The predicted octanol–water partition coefficient (Wildman–Crippen LogP) is 2.73. The van der Waals surface area contributed by atoms with Gasteiger partial charge < -0.3 is 10.2 Å². The fraction of sp³-hybridized carbons (Fsp3) is 0.556. The van der Waals surface area contributed by atoms with Crippen molar-refractivity contribution in [2.45, 2.75) is 46.2 Å². The van der Waals surface area contributed by atoms with Crippen molar-refractivity contribution in [2.24, 2.45) is 11.8 Å². The van der Waals surface area contributed by atoms with Gasteiger partial charge in [-0.1, -0.05) is 32.9 Å². The Labute approximate surface area is 137 Å². The third-order valence-electron chi connectivity index (χ3n) is 4.58. The molecule has 1 aromatic carbocycles. The lowest BCUT2D eigenvalue weighted by Gasteiger charge is -2.28. The first-order valence-electron chi connectivity index (χ1n) is 8.22. The first kappa shape index (κ1) is 17.4. The third-order valence-corrected chi connectivity index (χ3v) is 4.58. The Morgan fingerprint density at radius 2 is 2.09 bits per heavy atom. The molecule has 0 spiro atoms. The number of rotatable bonds is 5. The molecule has 0 aromatic heterocycles. The summed E-state index contributed by atoms with van der Waals surface area (Å²) in [4.78, 5) is 26.6. The van der Waals surface area contributed by atoms with Crippen LogP contribution in [0.2, 0.25) is 0 Å². The second-order valence-electron chi connectivity index (χ2n) is 6.57. The average molecular weight is 320 g/mol. The van der Waals surface area contributed by atoms with Gasteiger partial charge in [0.2, 0.25) is 11.8 Å². The summed E-state index contributed by atoms with van der Waals surface area (Å²) in [7, 11) is 0. The molecule has 1 saturated heterocycles. The second-order valence-corrected chi connectivity index (χ2v) is 6.57. The quantitative estimate of drug-likeness (QED) is 0.907. The standard InChI is InChI=1S/C18H25FN2O2/c1-12(2)13(3)18(23)21-9-5-8-16(21)17(22)20-11-14-6-4-7-15(19)10-14/h4,6-7,10,12-13,16H,5,8-9,11H2,1-3H3,(H,20,22).